The topological polar surface area (TPSA) is 157 Å². The van der Waals surface area contributed by atoms with Crippen molar-refractivity contribution < 1.29 is 19.2 Å². The van der Waals surface area contributed by atoms with Crippen LogP contribution in [0.2, 0.25) is 0 Å². The Kier molecular flexibility index (Phi) is 4.90. The fourth-order valence-corrected chi connectivity index (χ4v) is 4.78. The van der Waals surface area contributed by atoms with Gasteiger partial charge < -0.3 is 10.2 Å². The van der Waals surface area contributed by atoms with E-state index in [1.165, 1.54) is 15.9 Å². The van der Waals surface area contributed by atoms with Crippen molar-refractivity contribution >= 4 is 23.6 Å². The van der Waals surface area contributed by atoms with E-state index in [4.69, 9.17) is 0 Å². The number of fused-ring (bicyclic) bond motifs is 1. The summed E-state index contributed by atoms with van der Waals surface area (Å²) >= 11 is 0. The van der Waals surface area contributed by atoms with Crippen LogP contribution in [0.3, 0.4) is 0 Å². The van der Waals surface area contributed by atoms with Gasteiger partial charge in [-0.25, -0.2) is 14.3 Å². The first-order valence-electron chi connectivity index (χ1n) is 11.3. The van der Waals surface area contributed by atoms with Crippen LogP contribution < -0.4 is 10.6 Å². The van der Waals surface area contributed by atoms with Crippen molar-refractivity contribution in [1.29, 1.82) is 0 Å². The summed E-state index contributed by atoms with van der Waals surface area (Å²) in [5, 5.41) is 17.4. The molecule has 1 aliphatic carbocycles. The molecule has 13 heteroatoms. The molecule has 4 heterocycles. The fraction of sp³-hybridized carbons (Fsp3) is 0.364. The molecule has 1 saturated carbocycles. The van der Waals surface area contributed by atoms with Crippen LogP contribution in [0.5, 0.6) is 0 Å². The number of benzene rings is 1. The Morgan fingerprint density at radius 1 is 1.17 bits per heavy atom. The van der Waals surface area contributed by atoms with Gasteiger partial charge in [-0.1, -0.05) is 5.21 Å². The minimum absolute atomic E-state index is 0.0334. The summed E-state index contributed by atoms with van der Waals surface area (Å²) in [6.45, 7) is 0.255. The Hall–Kier alpha value is -4.42. The third-order valence-electron chi connectivity index (χ3n) is 6.76. The molecule has 1 unspecified atom stereocenters. The third-order valence-corrected chi connectivity index (χ3v) is 6.76. The van der Waals surface area contributed by atoms with E-state index in [0.717, 1.165) is 18.4 Å². The highest BCUT2D eigenvalue weighted by molar-refractivity contribution is 6.05. The average molecular weight is 475 g/mol. The number of nitrogens with zero attached hydrogens (tertiary/aromatic N) is 7. The molecular weight excluding hydrogens is 454 g/mol. The predicted octanol–water partition coefficient (Wildman–Crippen LogP) is -0.247. The van der Waals surface area contributed by atoms with Crippen LogP contribution in [0.1, 0.15) is 58.1 Å². The summed E-state index contributed by atoms with van der Waals surface area (Å²) in [6, 6.07) is 4.78. The zero-order chi connectivity index (χ0) is 24.1. The molecule has 1 atom stereocenters. The molecule has 3 aliphatic rings. The average Bonchev–Trinajstić information content (AvgIpc) is 3.57. The zero-order valence-corrected chi connectivity index (χ0v) is 18.5. The predicted molar refractivity (Wildman–Crippen MR) is 117 cm³/mol. The van der Waals surface area contributed by atoms with Crippen molar-refractivity contribution in [2.75, 3.05) is 0 Å². The molecule has 2 aromatic heterocycles. The van der Waals surface area contributed by atoms with Crippen LogP contribution in [0.4, 0.5) is 0 Å². The third kappa shape index (κ3) is 3.74. The maximum absolute atomic E-state index is 12.9. The molecule has 1 aromatic carbocycles. The number of amides is 4. The standard InChI is InChI=1S/C22H21N9O4/c32-19-4-3-18(21(34)26-19)29-8-12-5-14(1-2-16(12)22(29)35)30-9-17(27-28-30)20(33)25-13-6-15(7-13)31-11-23-10-24-31/h1-2,5,9-11,13,15,18H,3-4,6-8H2,(H,25,33)(H,26,32,34). The molecule has 4 amide bonds. The summed E-state index contributed by atoms with van der Waals surface area (Å²) in [6.07, 6.45) is 6.75. The van der Waals surface area contributed by atoms with E-state index in [0.29, 0.717) is 17.7 Å². The minimum atomic E-state index is -0.673. The van der Waals surface area contributed by atoms with Gasteiger partial charge >= 0.3 is 0 Å². The van der Waals surface area contributed by atoms with Gasteiger partial charge in [-0.3, -0.25) is 24.5 Å². The van der Waals surface area contributed by atoms with Gasteiger partial charge in [-0.05, 0) is 43.0 Å². The monoisotopic (exact) mass is 475 g/mol. The second kappa shape index (κ2) is 8.11. The van der Waals surface area contributed by atoms with Crippen molar-refractivity contribution in [2.45, 2.75) is 50.4 Å². The Morgan fingerprint density at radius 2 is 2.03 bits per heavy atom. The van der Waals surface area contributed by atoms with Crippen molar-refractivity contribution in [3.05, 3.63) is 53.9 Å². The van der Waals surface area contributed by atoms with Gasteiger partial charge in [0.2, 0.25) is 11.8 Å². The first kappa shape index (κ1) is 21.1. The van der Waals surface area contributed by atoms with E-state index in [1.807, 2.05) is 0 Å². The van der Waals surface area contributed by atoms with E-state index in [1.54, 1.807) is 35.4 Å². The normalized spacial score (nSPS) is 23.6. The smallest absolute Gasteiger partial charge is 0.273 e. The van der Waals surface area contributed by atoms with Crippen molar-refractivity contribution in [3.8, 4) is 5.69 Å². The summed E-state index contributed by atoms with van der Waals surface area (Å²) in [5.74, 6) is -1.33. The summed E-state index contributed by atoms with van der Waals surface area (Å²) in [4.78, 5) is 54.6. The lowest BCUT2D eigenvalue weighted by atomic mass is 9.87. The van der Waals surface area contributed by atoms with Crippen LogP contribution in [-0.4, -0.2) is 70.4 Å². The van der Waals surface area contributed by atoms with E-state index in [2.05, 4.69) is 31.0 Å². The molecule has 35 heavy (non-hydrogen) atoms. The first-order chi connectivity index (χ1) is 17.0. The Balaban J connectivity index is 1.12. The molecule has 178 valence electrons. The van der Waals surface area contributed by atoms with Gasteiger partial charge in [0.15, 0.2) is 5.69 Å². The van der Waals surface area contributed by atoms with E-state index >= 15 is 0 Å². The van der Waals surface area contributed by atoms with Gasteiger partial charge in [0.25, 0.3) is 11.8 Å². The quantitative estimate of drug-likeness (QED) is 0.479. The maximum atomic E-state index is 12.9. The van der Waals surface area contributed by atoms with Gasteiger partial charge in [0.05, 0.1) is 17.9 Å². The SMILES string of the molecule is O=C1CCC(N2Cc3cc(-n4cc(C(=O)NC5CC(n6cncn6)C5)nn4)ccc3C2=O)C(=O)N1. The molecule has 2 N–H and O–H groups in total. The number of imide groups is 1. The van der Waals surface area contributed by atoms with Crippen LogP contribution in [0, 0.1) is 0 Å². The van der Waals surface area contributed by atoms with Crippen LogP contribution in [-0.2, 0) is 16.1 Å². The number of piperidine rings is 1. The highest BCUT2D eigenvalue weighted by Gasteiger charge is 2.39. The number of aromatic nitrogens is 6. The Labute approximate surface area is 198 Å². The van der Waals surface area contributed by atoms with E-state index in [-0.39, 0.29) is 48.5 Å². The lowest BCUT2D eigenvalue weighted by Gasteiger charge is -2.35. The number of rotatable bonds is 5. The lowest BCUT2D eigenvalue weighted by Crippen LogP contribution is -2.52. The Bertz CT molecular complexity index is 1340. The minimum Gasteiger partial charge on any atom is -0.348 e. The number of carbonyl (C=O) groups is 4. The molecular formula is C22H21N9O4. The van der Waals surface area contributed by atoms with Gasteiger partial charge in [-0.2, -0.15) is 5.10 Å². The van der Waals surface area contributed by atoms with Gasteiger partial charge in [-0.15, -0.1) is 5.10 Å². The molecule has 2 fully saturated rings. The van der Waals surface area contributed by atoms with Gasteiger partial charge in [0.1, 0.15) is 18.7 Å². The van der Waals surface area contributed by atoms with Crippen molar-refractivity contribution in [3.63, 3.8) is 0 Å². The van der Waals surface area contributed by atoms with Crippen LogP contribution in [0.15, 0.2) is 37.1 Å². The van der Waals surface area contributed by atoms with E-state index < -0.39 is 11.9 Å². The zero-order valence-electron chi connectivity index (χ0n) is 18.5. The molecule has 13 nitrogen and oxygen atoms in total. The molecule has 1 saturated heterocycles. The van der Waals surface area contributed by atoms with Crippen LogP contribution in [0.25, 0.3) is 5.69 Å². The molecule has 6 rings (SSSR count). The van der Waals surface area contributed by atoms with Gasteiger partial charge in [0, 0.05) is 24.6 Å². The molecule has 3 aromatic rings. The Morgan fingerprint density at radius 3 is 2.80 bits per heavy atom. The molecule has 0 bridgehead atoms. The van der Waals surface area contributed by atoms with E-state index in [9.17, 15) is 19.2 Å². The molecule has 2 aliphatic heterocycles. The van der Waals surface area contributed by atoms with Crippen LogP contribution >= 0.6 is 0 Å². The second-order valence-electron chi connectivity index (χ2n) is 8.96. The summed E-state index contributed by atoms with van der Waals surface area (Å²) in [7, 11) is 0. The largest absolute Gasteiger partial charge is 0.348 e. The van der Waals surface area contributed by atoms with Crippen molar-refractivity contribution in [2.24, 2.45) is 0 Å². The first-order valence-corrected chi connectivity index (χ1v) is 11.3. The number of hydrogen-bond donors (Lipinski definition) is 2. The van der Waals surface area contributed by atoms with Crippen molar-refractivity contribution in [1.82, 2.24) is 45.3 Å². The summed E-state index contributed by atoms with van der Waals surface area (Å²) < 4.78 is 3.27. The lowest BCUT2D eigenvalue weighted by molar-refractivity contribution is -0.136. The summed E-state index contributed by atoms with van der Waals surface area (Å²) in [5.41, 5.74) is 2.08. The highest BCUT2D eigenvalue weighted by Crippen LogP contribution is 2.31. The fourth-order valence-electron chi connectivity index (χ4n) is 4.78. The number of hydrogen-bond acceptors (Lipinski definition) is 8. The number of nitrogens with one attached hydrogen (secondary N) is 2. The molecule has 0 radical (unpaired) electrons. The maximum Gasteiger partial charge on any atom is 0.273 e. The molecule has 0 spiro atoms. The highest BCUT2D eigenvalue weighted by atomic mass is 16.2. The number of carbonyl (C=O) groups excluding carboxylic acids is 4. The second-order valence-corrected chi connectivity index (χ2v) is 8.96.